The normalized spacial score (nSPS) is 12.2. The Hall–Kier alpha value is -3.33. The van der Waals surface area contributed by atoms with Gasteiger partial charge in [-0.15, -0.1) is 10.2 Å². The quantitative estimate of drug-likeness (QED) is 0.513. The molecule has 1 aromatic carbocycles. The van der Waals surface area contributed by atoms with E-state index in [0.29, 0.717) is 16.5 Å². The Bertz CT molecular complexity index is 1240. The van der Waals surface area contributed by atoms with E-state index in [1.54, 1.807) is 25.6 Å². The minimum atomic E-state index is -0.466. The molecule has 1 atom stereocenters. The Kier molecular flexibility index (Phi) is 4.98. The summed E-state index contributed by atoms with van der Waals surface area (Å²) >= 11 is 1.29. The lowest BCUT2D eigenvalue weighted by molar-refractivity contribution is -0.115. The summed E-state index contributed by atoms with van der Waals surface area (Å²) in [5.41, 5.74) is 2.14. The van der Waals surface area contributed by atoms with E-state index in [9.17, 15) is 9.59 Å². The van der Waals surface area contributed by atoms with E-state index in [1.165, 1.54) is 16.4 Å². The van der Waals surface area contributed by atoms with Gasteiger partial charge < -0.3 is 5.32 Å². The van der Waals surface area contributed by atoms with Crippen molar-refractivity contribution < 1.29 is 4.79 Å². The van der Waals surface area contributed by atoms with Gasteiger partial charge in [-0.2, -0.15) is 0 Å². The second kappa shape index (κ2) is 7.59. The van der Waals surface area contributed by atoms with Crippen molar-refractivity contribution in [3.63, 3.8) is 0 Å². The van der Waals surface area contributed by atoms with Gasteiger partial charge in [-0.1, -0.05) is 36.0 Å². The highest BCUT2D eigenvalue weighted by Crippen LogP contribution is 2.23. The first kappa shape index (κ1) is 19.0. The third-order valence-electron chi connectivity index (χ3n) is 4.74. The van der Waals surface area contributed by atoms with Gasteiger partial charge in [-0.05, 0) is 38.1 Å². The van der Waals surface area contributed by atoms with Crippen molar-refractivity contribution in [3.05, 3.63) is 70.8 Å². The molecule has 4 aromatic rings. The standard InChI is InChI=1S/C20H20N6O2S/c1-13-17(19(28)26(24(13)3)15-9-5-4-6-10-15)21-18(27)14(2)29-20-23-22-16-11-7-8-12-25(16)20/h4-12,14H,1-3H3,(H,21,27). The molecule has 0 bridgehead atoms. The molecule has 0 radical (unpaired) electrons. The van der Waals surface area contributed by atoms with E-state index in [4.69, 9.17) is 0 Å². The van der Waals surface area contributed by atoms with E-state index < -0.39 is 5.25 Å². The first-order chi connectivity index (χ1) is 14.0. The molecule has 8 nitrogen and oxygen atoms in total. The number of anilines is 1. The smallest absolute Gasteiger partial charge is 0.295 e. The summed E-state index contributed by atoms with van der Waals surface area (Å²) in [5.74, 6) is -0.270. The number of thioether (sulfide) groups is 1. The average Bonchev–Trinajstić information content (AvgIpc) is 3.23. The minimum absolute atomic E-state index is 0.269. The minimum Gasteiger partial charge on any atom is -0.319 e. The maximum atomic E-state index is 13.0. The molecule has 1 amide bonds. The molecule has 0 saturated heterocycles. The summed E-state index contributed by atoms with van der Waals surface area (Å²) < 4.78 is 5.09. The van der Waals surface area contributed by atoms with Gasteiger partial charge in [0.15, 0.2) is 10.8 Å². The zero-order valence-corrected chi connectivity index (χ0v) is 17.1. The SMILES string of the molecule is Cc1c(NC(=O)C(C)Sc2nnc3ccccn23)c(=O)n(-c2ccccc2)n1C. The summed E-state index contributed by atoms with van der Waals surface area (Å²) in [4.78, 5) is 25.7. The number of pyridine rings is 1. The lowest BCUT2D eigenvalue weighted by Crippen LogP contribution is -2.27. The molecule has 0 saturated carbocycles. The number of para-hydroxylation sites is 1. The van der Waals surface area contributed by atoms with Crippen molar-refractivity contribution in [2.24, 2.45) is 7.05 Å². The highest BCUT2D eigenvalue weighted by molar-refractivity contribution is 8.00. The molecule has 0 aliphatic carbocycles. The summed E-state index contributed by atoms with van der Waals surface area (Å²) in [6, 6.07) is 14.9. The second-order valence-electron chi connectivity index (χ2n) is 6.60. The van der Waals surface area contributed by atoms with Crippen LogP contribution in [0.25, 0.3) is 11.3 Å². The van der Waals surface area contributed by atoms with Crippen LogP contribution in [0.4, 0.5) is 5.69 Å². The molecule has 3 aromatic heterocycles. The van der Waals surface area contributed by atoms with Crippen molar-refractivity contribution in [2.45, 2.75) is 24.3 Å². The molecule has 4 rings (SSSR count). The number of nitrogens with one attached hydrogen (secondary N) is 1. The molecule has 1 unspecified atom stereocenters. The predicted molar refractivity (Wildman–Crippen MR) is 113 cm³/mol. The number of rotatable bonds is 5. The van der Waals surface area contributed by atoms with Crippen LogP contribution in [0.2, 0.25) is 0 Å². The number of fused-ring (bicyclic) bond motifs is 1. The molecule has 0 fully saturated rings. The molecular formula is C20H20N6O2S. The zero-order valence-electron chi connectivity index (χ0n) is 16.2. The molecule has 0 spiro atoms. The van der Waals surface area contributed by atoms with Crippen molar-refractivity contribution in [1.82, 2.24) is 24.0 Å². The van der Waals surface area contributed by atoms with Crippen LogP contribution in [0.15, 0.2) is 64.7 Å². The van der Waals surface area contributed by atoms with Gasteiger partial charge in [0.25, 0.3) is 5.56 Å². The average molecular weight is 408 g/mol. The van der Waals surface area contributed by atoms with Gasteiger partial charge in [-0.3, -0.25) is 18.7 Å². The van der Waals surface area contributed by atoms with Crippen molar-refractivity contribution in [2.75, 3.05) is 5.32 Å². The molecule has 9 heteroatoms. The van der Waals surface area contributed by atoms with Gasteiger partial charge in [0.05, 0.1) is 16.6 Å². The highest BCUT2D eigenvalue weighted by Gasteiger charge is 2.22. The van der Waals surface area contributed by atoms with Crippen LogP contribution in [0.1, 0.15) is 12.6 Å². The Morgan fingerprint density at radius 1 is 1.10 bits per heavy atom. The Balaban J connectivity index is 1.58. The maximum absolute atomic E-state index is 13.0. The van der Waals surface area contributed by atoms with Crippen molar-refractivity contribution in [3.8, 4) is 5.69 Å². The zero-order chi connectivity index (χ0) is 20.5. The van der Waals surface area contributed by atoms with Gasteiger partial charge in [0, 0.05) is 13.2 Å². The number of benzene rings is 1. The number of hydrogen-bond donors (Lipinski definition) is 1. The van der Waals surface area contributed by atoms with E-state index in [1.807, 2.05) is 59.1 Å². The fourth-order valence-electron chi connectivity index (χ4n) is 3.05. The van der Waals surface area contributed by atoms with Crippen LogP contribution < -0.4 is 10.9 Å². The van der Waals surface area contributed by atoms with Crippen molar-refractivity contribution >= 4 is 29.0 Å². The summed E-state index contributed by atoms with van der Waals surface area (Å²) in [5, 5.41) is 11.2. The lowest BCUT2D eigenvalue weighted by atomic mass is 10.3. The van der Waals surface area contributed by atoms with Crippen LogP contribution in [0.5, 0.6) is 0 Å². The molecule has 3 heterocycles. The van der Waals surface area contributed by atoms with Crippen LogP contribution in [0.3, 0.4) is 0 Å². The number of aromatic nitrogens is 5. The van der Waals surface area contributed by atoms with Crippen LogP contribution in [-0.4, -0.2) is 35.1 Å². The number of nitrogens with zero attached hydrogens (tertiary/aromatic N) is 5. The molecule has 1 N–H and O–H groups in total. The summed E-state index contributed by atoms with van der Waals surface area (Å²) in [7, 11) is 1.79. The molecule has 0 aliphatic heterocycles. The first-order valence-corrected chi connectivity index (χ1v) is 9.96. The van der Waals surface area contributed by atoms with E-state index in [2.05, 4.69) is 15.5 Å². The first-order valence-electron chi connectivity index (χ1n) is 9.08. The summed E-state index contributed by atoms with van der Waals surface area (Å²) in [6.45, 7) is 3.58. The number of amides is 1. The molecule has 0 aliphatic rings. The van der Waals surface area contributed by atoms with Gasteiger partial charge >= 0.3 is 0 Å². The van der Waals surface area contributed by atoms with Gasteiger partial charge in [0.1, 0.15) is 5.69 Å². The van der Waals surface area contributed by atoms with Crippen LogP contribution >= 0.6 is 11.8 Å². The largest absolute Gasteiger partial charge is 0.319 e. The molecule has 148 valence electrons. The van der Waals surface area contributed by atoms with Crippen LogP contribution in [0, 0.1) is 6.92 Å². The third kappa shape index (κ3) is 3.44. The Labute approximate surface area is 171 Å². The molecular weight excluding hydrogens is 388 g/mol. The van der Waals surface area contributed by atoms with E-state index in [0.717, 1.165) is 5.69 Å². The van der Waals surface area contributed by atoms with E-state index >= 15 is 0 Å². The number of carbonyl (C=O) groups excluding carboxylic acids is 1. The lowest BCUT2D eigenvalue weighted by Gasteiger charge is -2.10. The fourth-order valence-corrected chi connectivity index (χ4v) is 3.89. The third-order valence-corrected chi connectivity index (χ3v) is 5.79. The number of hydrogen-bond acceptors (Lipinski definition) is 5. The fraction of sp³-hybridized carbons (Fsp3) is 0.200. The van der Waals surface area contributed by atoms with Crippen LogP contribution in [-0.2, 0) is 11.8 Å². The van der Waals surface area contributed by atoms with Crippen molar-refractivity contribution in [1.29, 1.82) is 0 Å². The maximum Gasteiger partial charge on any atom is 0.295 e. The summed E-state index contributed by atoms with van der Waals surface area (Å²) in [6.07, 6.45) is 1.85. The highest BCUT2D eigenvalue weighted by atomic mass is 32.2. The Morgan fingerprint density at radius 3 is 2.59 bits per heavy atom. The topological polar surface area (TPSA) is 86.2 Å². The van der Waals surface area contributed by atoms with E-state index in [-0.39, 0.29) is 17.2 Å². The molecule has 29 heavy (non-hydrogen) atoms. The predicted octanol–water partition coefficient (Wildman–Crippen LogP) is 2.65. The second-order valence-corrected chi connectivity index (χ2v) is 7.91. The van der Waals surface area contributed by atoms with Gasteiger partial charge in [0.2, 0.25) is 5.91 Å². The number of carbonyl (C=O) groups is 1. The Morgan fingerprint density at radius 2 is 1.83 bits per heavy atom. The van der Waals surface area contributed by atoms with Gasteiger partial charge in [-0.25, -0.2) is 4.68 Å². The monoisotopic (exact) mass is 408 g/mol.